The SMILES string of the molecule is CCOc1ccc(/C=N/NC(=O)c2ccc(O)cc2)cc1.O.O. The van der Waals surface area contributed by atoms with Crippen molar-refractivity contribution in [1.29, 1.82) is 0 Å². The number of carbonyl (C=O) groups excluding carboxylic acids is 1. The van der Waals surface area contributed by atoms with Gasteiger partial charge >= 0.3 is 0 Å². The van der Waals surface area contributed by atoms with E-state index in [0.717, 1.165) is 11.3 Å². The van der Waals surface area contributed by atoms with Gasteiger partial charge in [-0.05, 0) is 61.0 Å². The summed E-state index contributed by atoms with van der Waals surface area (Å²) in [5.74, 6) is 0.574. The minimum Gasteiger partial charge on any atom is -0.508 e. The van der Waals surface area contributed by atoms with Crippen molar-refractivity contribution in [1.82, 2.24) is 5.43 Å². The predicted octanol–water partition coefficient (Wildman–Crippen LogP) is 0.905. The van der Waals surface area contributed by atoms with Crippen LogP contribution >= 0.6 is 0 Å². The van der Waals surface area contributed by atoms with Crippen molar-refractivity contribution in [3.63, 3.8) is 0 Å². The van der Waals surface area contributed by atoms with Crippen LogP contribution in [0, 0.1) is 0 Å². The Morgan fingerprint density at radius 3 is 2.30 bits per heavy atom. The normalized spacial score (nSPS) is 9.61. The number of hydrogen-bond acceptors (Lipinski definition) is 4. The van der Waals surface area contributed by atoms with Crippen molar-refractivity contribution in [2.45, 2.75) is 6.92 Å². The van der Waals surface area contributed by atoms with Gasteiger partial charge in [-0.15, -0.1) is 0 Å². The fraction of sp³-hybridized carbons (Fsp3) is 0.125. The zero-order chi connectivity index (χ0) is 15.1. The highest BCUT2D eigenvalue weighted by atomic mass is 16.5. The number of amides is 1. The largest absolute Gasteiger partial charge is 0.508 e. The molecule has 0 saturated carbocycles. The van der Waals surface area contributed by atoms with Crippen LogP contribution < -0.4 is 10.2 Å². The summed E-state index contributed by atoms with van der Waals surface area (Å²) in [6, 6.07) is 13.3. The van der Waals surface area contributed by atoms with Gasteiger partial charge < -0.3 is 20.8 Å². The molecule has 23 heavy (non-hydrogen) atoms. The van der Waals surface area contributed by atoms with Crippen LogP contribution in [0.15, 0.2) is 53.6 Å². The first-order valence-electron chi connectivity index (χ1n) is 6.54. The van der Waals surface area contributed by atoms with E-state index in [-0.39, 0.29) is 22.6 Å². The lowest BCUT2D eigenvalue weighted by atomic mass is 10.2. The summed E-state index contributed by atoms with van der Waals surface area (Å²) in [5.41, 5.74) is 3.70. The Labute approximate surface area is 133 Å². The summed E-state index contributed by atoms with van der Waals surface area (Å²) >= 11 is 0. The summed E-state index contributed by atoms with van der Waals surface area (Å²) in [5, 5.41) is 13.0. The van der Waals surface area contributed by atoms with Gasteiger partial charge in [-0.2, -0.15) is 5.10 Å². The van der Waals surface area contributed by atoms with Gasteiger partial charge in [-0.1, -0.05) is 0 Å². The van der Waals surface area contributed by atoms with E-state index in [1.807, 2.05) is 31.2 Å². The van der Waals surface area contributed by atoms with E-state index in [2.05, 4.69) is 10.5 Å². The lowest BCUT2D eigenvalue weighted by Gasteiger charge is -2.02. The van der Waals surface area contributed by atoms with E-state index in [1.165, 1.54) is 24.3 Å². The van der Waals surface area contributed by atoms with Crippen LogP contribution in [0.5, 0.6) is 11.5 Å². The third kappa shape index (κ3) is 6.16. The number of aromatic hydroxyl groups is 1. The van der Waals surface area contributed by atoms with Gasteiger partial charge in [-0.25, -0.2) is 5.43 Å². The average molecular weight is 320 g/mol. The fourth-order valence-corrected chi connectivity index (χ4v) is 1.66. The number of carbonyl (C=O) groups is 1. The van der Waals surface area contributed by atoms with Crippen molar-refractivity contribution in [2.24, 2.45) is 5.10 Å². The molecule has 0 aromatic heterocycles. The van der Waals surface area contributed by atoms with Crippen molar-refractivity contribution < 1.29 is 25.6 Å². The number of ether oxygens (including phenoxy) is 1. The standard InChI is InChI=1S/C16H16N2O3.2H2O/c1-2-21-15-9-3-12(4-10-15)11-17-18-16(20)13-5-7-14(19)8-6-13;;/h3-11,19H,2H2,1H3,(H,18,20);2*1H2/b17-11+;;. The molecule has 0 fully saturated rings. The van der Waals surface area contributed by atoms with Crippen molar-refractivity contribution in [2.75, 3.05) is 6.61 Å². The highest BCUT2D eigenvalue weighted by Crippen LogP contribution is 2.11. The molecule has 0 aliphatic carbocycles. The van der Waals surface area contributed by atoms with Gasteiger partial charge in [0, 0.05) is 5.56 Å². The van der Waals surface area contributed by atoms with Crippen molar-refractivity contribution in [3.8, 4) is 11.5 Å². The highest BCUT2D eigenvalue weighted by molar-refractivity contribution is 5.94. The number of nitrogens with zero attached hydrogens (tertiary/aromatic N) is 1. The molecule has 0 unspecified atom stereocenters. The van der Waals surface area contributed by atoms with Gasteiger partial charge in [0.2, 0.25) is 0 Å². The van der Waals surface area contributed by atoms with Gasteiger partial charge in [0.05, 0.1) is 12.8 Å². The Kier molecular flexibility index (Phi) is 8.68. The molecule has 0 spiro atoms. The average Bonchev–Trinajstić information content (AvgIpc) is 2.50. The second-order valence-corrected chi connectivity index (χ2v) is 4.25. The summed E-state index contributed by atoms with van der Waals surface area (Å²) in [4.78, 5) is 11.8. The van der Waals surface area contributed by atoms with Crippen LogP contribution in [-0.4, -0.2) is 34.8 Å². The van der Waals surface area contributed by atoms with Gasteiger partial charge in [0.25, 0.3) is 5.91 Å². The van der Waals surface area contributed by atoms with E-state index in [9.17, 15) is 4.79 Å². The van der Waals surface area contributed by atoms with Crippen LogP contribution in [0.1, 0.15) is 22.8 Å². The number of rotatable bonds is 5. The lowest BCUT2D eigenvalue weighted by molar-refractivity contribution is 0.0955. The lowest BCUT2D eigenvalue weighted by Crippen LogP contribution is -2.17. The Balaban J connectivity index is 0.00000242. The molecule has 0 bridgehead atoms. The van der Waals surface area contributed by atoms with E-state index < -0.39 is 0 Å². The monoisotopic (exact) mass is 320 g/mol. The minimum absolute atomic E-state index is 0. The Morgan fingerprint density at radius 2 is 1.74 bits per heavy atom. The molecule has 0 atom stereocenters. The molecule has 2 rings (SSSR count). The Morgan fingerprint density at radius 1 is 1.13 bits per heavy atom. The highest BCUT2D eigenvalue weighted by Gasteiger charge is 2.03. The fourth-order valence-electron chi connectivity index (χ4n) is 1.66. The van der Waals surface area contributed by atoms with Gasteiger partial charge in [-0.3, -0.25) is 4.79 Å². The number of phenolic OH excluding ortho intramolecular Hbond substituents is 1. The van der Waals surface area contributed by atoms with Gasteiger partial charge in [0.15, 0.2) is 0 Å². The van der Waals surface area contributed by atoms with Crippen LogP contribution in [0.2, 0.25) is 0 Å². The number of hydrazone groups is 1. The maximum absolute atomic E-state index is 11.8. The van der Waals surface area contributed by atoms with Crippen molar-refractivity contribution in [3.05, 3.63) is 59.7 Å². The molecule has 0 saturated heterocycles. The number of benzene rings is 2. The third-order valence-corrected chi connectivity index (χ3v) is 2.70. The molecule has 6 N–H and O–H groups in total. The molecule has 2 aromatic carbocycles. The second kappa shape index (κ2) is 9.93. The minimum atomic E-state index is -0.336. The summed E-state index contributed by atoms with van der Waals surface area (Å²) in [7, 11) is 0. The van der Waals surface area contributed by atoms with E-state index in [1.54, 1.807) is 6.21 Å². The molecule has 0 radical (unpaired) electrons. The third-order valence-electron chi connectivity index (χ3n) is 2.70. The van der Waals surface area contributed by atoms with E-state index >= 15 is 0 Å². The Hall–Kier alpha value is -2.90. The van der Waals surface area contributed by atoms with Gasteiger partial charge in [0.1, 0.15) is 11.5 Å². The maximum Gasteiger partial charge on any atom is 0.271 e. The van der Waals surface area contributed by atoms with Crippen LogP contribution in [0.3, 0.4) is 0 Å². The number of hydrogen-bond donors (Lipinski definition) is 2. The molecule has 7 heteroatoms. The predicted molar refractivity (Wildman–Crippen MR) is 88.0 cm³/mol. The first-order valence-corrected chi connectivity index (χ1v) is 6.54. The quantitative estimate of drug-likeness (QED) is 0.626. The molecule has 1 amide bonds. The molecule has 0 heterocycles. The first-order chi connectivity index (χ1) is 10.2. The van der Waals surface area contributed by atoms with Crippen molar-refractivity contribution >= 4 is 12.1 Å². The molecule has 2 aromatic rings. The smallest absolute Gasteiger partial charge is 0.271 e. The van der Waals surface area contributed by atoms with E-state index in [0.29, 0.717) is 12.2 Å². The molecular weight excluding hydrogens is 300 g/mol. The van der Waals surface area contributed by atoms with E-state index in [4.69, 9.17) is 9.84 Å². The molecule has 0 aliphatic heterocycles. The first kappa shape index (κ1) is 20.1. The Bertz CT molecular complexity index is 624. The summed E-state index contributed by atoms with van der Waals surface area (Å²) in [6.07, 6.45) is 1.55. The van der Waals surface area contributed by atoms with Crippen LogP contribution in [0.4, 0.5) is 0 Å². The molecule has 7 nitrogen and oxygen atoms in total. The zero-order valence-corrected chi connectivity index (χ0v) is 12.6. The summed E-state index contributed by atoms with van der Waals surface area (Å²) < 4.78 is 5.34. The number of phenols is 1. The van der Waals surface area contributed by atoms with Crippen LogP contribution in [-0.2, 0) is 0 Å². The molecule has 0 aliphatic rings. The van der Waals surface area contributed by atoms with Crippen LogP contribution in [0.25, 0.3) is 0 Å². The number of nitrogens with one attached hydrogen (secondary N) is 1. The summed E-state index contributed by atoms with van der Waals surface area (Å²) in [6.45, 7) is 2.55. The maximum atomic E-state index is 11.8. The topological polar surface area (TPSA) is 134 Å². The molecular formula is C16H20N2O5. The molecule has 124 valence electrons. The zero-order valence-electron chi connectivity index (χ0n) is 12.6. The second-order valence-electron chi connectivity index (χ2n) is 4.25.